The second-order valence-corrected chi connectivity index (χ2v) is 12.6. The van der Waals surface area contributed by atoms with Crippen LogP contribution in [0.25, 0.3) is 11.1 Å². The molecule has 1 N–H and O–H groups in total. The minimum Gasteiger partial charge on any atom is -0.353 e. The van der Waals surface area contributed by atoms with E-state index in [1.165, 1.54) is 12.8 Å². The maximum Gasteiger partial charge on any atom is 0.320 e. The van der Waals surface area contributed by atoms with Crippen molar-refractivity contribution >= 4 is 11.9 Å². The van der Waals surface area contributed by atoms with Gasteiger partial charge in [0.15, 0.2) is 0 Å². The average Bonchev–Trinajstić information content (AvgIpc) is 3.48. The smallest absolute Gasteiger partial charge is 0.320 e. The zero-order chi connectivity index (χ0) is 29.1. The fraction of sp³-hybridized carbons (Fsp3) is 0.457. The summed E-state index contributed by atoms with van der Waals surface area (Å²) >= 11 is 0. The predicted molar refractivity (Wildman–Crippen MR) is 165 cm³/mol. The molecule has 2 aliphatic heterocycles. The highest BCUT2D eigenvalue weighted by Crippen LogP contribution is 2.49. The van der Waals surface area contributed by atoms with Gasteiger partial charge < -0.3 is 19.7 Å². The van der Waals surface area contributed by atoms with Crippen LogP contribution in [-0.4, -0.2) is 52.0 Å². The van der Waals surface area contributed by atoms with E-state index >= 15 is 0 Å². The molecular weight excluding hydrogens is 524 g/mol. The van der Waals surface area contributed by atoms with E-state index in [9.17, 15) is 14.4 Å². The highest BCUT2D eigenvalue weighted by Gasteiger charge is 2.47. The Morgan fingerprint density at radius 2 is 1.62 bits per heavy atom. The first-order valence-corrected chi connectivity index (χ1v) is 15.6. The zero-order valence-electron chi connectivity index (χ0n) is 24.6. The van der Waals surface area contributed by atoms with Crippen LogP contribution in [0.2, 0.25) is 0 Å². The van der Waals surface area contributed by atoms with E-state index in [-0.39, 0.29) is 35.0 Å². The minimum absolute atomic E-state index is 0.0225. The van der Waals surface area contributed by atoms with Crippen LogP contribution in [0.1, 0.15) is 63.5 Å². The van der Waals surface area contributed by atoms with Crippen LogP contribution in [0.5, 0.6) is 0 Å². The lowest BCUT2D eigenvalue weighted by Crippen LogP contribution is -2.57. The molecule has 1 aliphatic carbocycles. The van der Waals surface area contributed by atoms with E-state index in [0.29, 0.717) is 25.6 Å². The highest BCUT2D eigenvalue weighted by molar-refractivity contribution is 5.76. The Kier molecular flexibility index (Phi) is 8.18. The number of piperidine rings is 2. The average molecular weight is 567 g/mol. The third kappa shape index (κ3) is 5.87. The second kappa shape index (κ2) is 12.2. The monoisotopic (exact) mass is 566 g/mol. The van der Waals surface area contributed by atoms with Crippen molar-refractivity contribution in [2.24, 2.45) is 11.3 Å². The number of urea groups is 1. The van der Waals surface area contributed by atoms with Crippen LogP contribution < -0.4 is 10.9 Å². The van der Waals surface area contributed by atoms with E-state index in [4.69, 9.17) is 0 Å². The van der Waals surface area contributed by atoms with Crippen molar-refractivity contribution in [2.45, 2.75) is 70.5 Å². The maximum atomic E-state index is 14.2. The molecule has 3 aliphatic rings. The van der Waals surface area contributed by atoms with E-state index in [1.54, 1.807) is 13.0 Å². The fourth-order valence-electron chi connectivity index (χ4n) is 7.79. The topological polar surface area (TPSA) is 74.7 Å². The first-order chi connectivity index (χ1) is 20.4. The summed E-state index contributed by atoms with van der Waals surface area (Å²) in [6.07, 6.45) is 8.89. The van der Waals surface area contributed by atoms with Crippen molar-refractivity contribution in [3.63, 3.8) is 0 Å². The third-order valence-corrected chi connectivity index (χ3v) is 9.95. The molecule has 1 spiro atoms. The quantitative estimate of drug-likeness (QED) is 0.421. The normalized spacial score (nSPS) is 23.6. The van der Waals surface area contributed by atoms with Crippen molar-refractivity contribution in [3.8, 4) is 11.1 Å². The van der Waals surface area contributed by atoms with Crippen molar-refractivity contribution in [1.29, 1.82) is 0 Å². The number of carbonyl (C=O) groups excluding carboxylic acids is 2. The molecular formula is C35H42N4O3. The number of pyridine rings is 1. The summed E-state index contributed by atoms with van der Waals surface area (Å²) in [4.78, 5) is 43.4. The van der Waals surface area contributed by atoms with Crippen LogP contribution in [-0.2, 0) is 11.3 Å². The van der Waals surface area contributed by atoms with E-state index in [2.05, 4.69) is 22.3 Å². The molecule has 3 fully saturated rings. The van der Waals surface area contributed by atoms with Gasteiger partial charge in [0.2, 0.25) is 5.91 Å². The summed E-state index contributed by atoms with van der Waals surface area (Å²) in [6, 6.07) is 24.2. The Morgan fingerprint density at radius 1 is 0.905 bits per heavy atom. The molecule has 2 aromatic carbocycles. The van der Waals surface area contributed by atoms with Crippen LogP contribution in [0, 0.1) is 11.3 Å². The number of nitrogens with one attached hydrogen (secondary N) is 1. The summed E-state index contributed by atoms with van der Waals surface area (Å²) in [5, 5.41) is 3.09. The van der Waals surface area contributed by atoms with Gasteiger partial charge in [0, 0.05) is 51.4 Å². The molecule has 0 bridgehead atoms. The molecule has 2 saturated heterocycles. The van der Waals surface area contributed by atoms with Crippen molar-refractivity contribution in [3.05, 3.63) is 94.9 Å². The summed E-state index contributed by atoms with van der Waals surface area (Å²) < 4.78 is 1.88. The van der Waals surface area contributed by atoms with Crippen LogP contribution in [0.4, 0.5) is 4.79 Å². The van der Waals surface area contributed by atoms with Gasteiger partial charge in [0.05, 0.1) is 6.04 Å². The lowest BCUT2D eigenvalue weighted by molar-refractivity contribution is -0.120. The molecule has 3 atom stereocenters. The van der Waals surface area contributed by atoms with Gasteiger partial charge in [-0.2, -0.15) is 0 Å². The Bertz CT molecular complexity index is 1450. The first kappa shape index (κ1) is 28.3. The van der Waals surface area contributed by atoms with Gasteiger partial charge in [-0.3, -0.25) is 9.59 Å². The number of hydrogen-bond donors (Lipinski definition) is 1. The number of amides is 3. The summed E-state index contributed by atoms with van der Waals surface area (Å²) in [6.45, 7) is 4.34. The van der Waals surface area contributed by atoms with Gasteiger partial charge >= 0.3 is 6.03 Å². The predicted octanol–water partition coefficient (Wildman–Crippen LogP) is 5.86. The molecule has 42 heavy (non-hydrogen) atoms. The molecule has 3 amide bonds. The number of aromatic nitrogens is 1. The van der Waals surface area contributed by atoms with Crippen molar-refractivity contribution in [2.75, 3.05) is 19.6 Å². The molecule has 1 saturated carbocycles. The third-order valence-electron chi connectivity index (χ3n) is 9.95. The molecule has 3 aromatic rings. The van der Waals surface area contributed by atoms with Crippen LogP contribution >= 0.6 is 0 Å². The Labute approximate surface area is 248 Å². The largest absolute Gasteiger partial charge is 0.353 e. The van der Waals surface area contributed by atoms with E-state index in [1.807, 2.05) is 70.3 Å². The Morgan fingerprint density at radius 3 is 2.31 bits per heavy atom. The van der Waals surface area contributed by atoms with Gasteiger partial charge in [-0.05, 0) is 66.2 Å². The lowest BCUT2D eigenvalue weighted by Gasteiger charge is -2.49. The Hall–Kier alpha value is -3.87. The van der Waals surface area contributed by atoms with E-state index < -0.39 is 0 Å². The fourth-order valence-corrected chi connectivity index (χ4v) is 7.79. The van der Waals surface area contributed by atoms with Gasteiger partial charge in [-0.15, -0.1) is 0 Å². The van der Waals surface area contributed by atoms with Crippen LogP contribution in [0.3, 0.4) is 0 Å². The minimum atomic E-state index is -0.0664. The van der Waals surface area contributed by atoms with Crippen molar-refractivity contribution < 1.29 is 9.59 Å². The zero-order valence-corrected chi connectivity index (χ0v) is 24.6. The summed E-state index contributed by atoms with van der Waals surface area (Å²) in [5.41, 5.74) is 3.20. The lowest BCUT2D eigenvalue weighted by atomic mass is 9.69. The number of likely N-dealkylation sites (tertiary alicyclic amines) is 2. The number of carbonyl (C=O) groups is 2. The molecule has 1 aromatic heterocycles. The molecule has 220 valence electrons. The number of hydrogen-bond acceptors (Lipinski definition) is 3. The maximum absolute atomic E-state index is 14.2. The van der Waals surface area contributed by atoms with Gasteiger partial charge in [0.1, 0.15) is 0 Å². The molecule has 7 heteroatoms. The van der Waals surface area contributed by atoms with Crippen molar-refractivity contribution in [1.82, 2.24) is 19.7 Å². The summed E-state index contributed by atoms with van der Waals surface area (Å²) in [7, 11) is 0. The molecule has 7 nitrogen and oxygen atoms in total. The SMILES string of the molecule is CC(=O)N[C@@H]1CCN(C(=O)N2CC[C@@H](Cn3ccc(-c4ccccc4)cc3=O)C3(CCCC3)C2)[C@H](c2ccccc2)C1. The number of benzene rings is 2. The standard InChI is InChI=1S/C35H42N4O3/c1-26(40)36-31-16-21-39(32(23-31)28-12-6-3-7-13-28)34(42)38-20-15-30(35(25-38)17-8-9-18-35)24-37-19-14-29(22-33(37)41)27-10-4-2-5-11-27/h2-7,10-14,19,22,30-32H,8-9,15-18,20-21,23-25H2,1H3,(H,36,40)/t30-,31+,32-/m0/s1. The van der Waals surface area contributed by atoms with Gasteiger partial charge in [-0.25, -0.2) is 4.79 Å². The van der Waals surface area contributed by atoms with E-state index in [0.717, 1.165) is 55.3 Å². The number of nitrogens with zero attached hydrogens (tertiary/aromatic N) is 3. The highest BCUT2D eigenvalue weighted by atomic mass is 16.2. The molecule has 0 unspecified atom stereocenters. The van der Waals surface area contributed by atoms with Gasteiger partial charge in [0.25, 0.3) is 5.56 Å². The second-order valence-electron chi connectivity index (χ2n) is 12.6. The van der Waals surface area contributed by atoms with Crippen LogP contribution in [0.15, 0.2) is 83.8 Å². The number of rotatable bonds is 5. The molecule has 6 rings (SSSR count). The molecule has 3 heterocycles. The first-order valence-electron chi connectivity index (χ1n) is 15.6. The molecule has 0 radical (unpaired) electrons. The Balaban J connectivity index is 1.19. The van der Waals surface area contributed by atoms with Gasteiger partial charge in [-0.1, -0.05) is 73.5 Å². The summed E-state index contributed by atoms with van der Waals surface area (Å²) in [5.74, 6) is 0.338.